The molecular weight excluding hydrogens is 604 g/mol. The fraction of sp³-hybridized carbons (Fsp3) is 0.886. The van der Waals surface area contributed by atoms with Crippen LogP contribution in [0.15, 0.2) is 0 Å². The van der Waals surface area contributed by atoms with Gasteiger partial charge in [-0.15, -0.1) is 16.7 Å². The molecule has 3 fully saturated rings. The van der Waals surface area contributed by atoms with Gasteiger partial charge >= 0.3 is 0 Å². The summed E-state index contributed by atoms with van der Waals surface area (Å²) in [5.41, 5.74) is 0. The molecule has 3 aliphatic rings. The van der Waals surface area contributed by atoms with E-state index in [9.17, 15) is 28.2 Å². The van der Waals surface area contributed by atoms with Crippen LogP contribution in [0.25, 0.3) is 0 Å². The van der Waals surface area contributed by atoms with Gasteiger partial charge in [-0.05, 0) is 89.9 Å². The minimum atomic E-state index is -3.58. The van der Waals surface area contributed by atoms with E-state index in [0.717, 1.165) is 44.9 Å². The van der Waals surface area contributed by atoms with Gasteiger partial charge in [0, 0.05) is 43.9 Å². The van der Waals surface area contributed by atoms with E-state index in [0.29, 0.717) is 71.0 Å². The third-order valence-corrected chi connectivity index (χ3v) is 12.2. The molecule has 2 amide bonds. The lowest BCUT2D eigenvalue weighted by atomic mass is 9.74. The molecule has 0 radical (unpaired) electrons. The molecule has 46 heavy (non-hydrogen) atoms. The first-order chi connectivity index (χ1) is 22.0. The van der Waals surface area contributed by atoms with Gasteiger partial charge in [0.25, 0.3) is 0 Å². The third-order valence-electron chi connectivity index (χ3n) is 10.3. The average Bonchev–Trinajstić information content (AvgIpc) is 3.04. The van der Waals surface area contributed by atoms with Gasteiger partial charge in [-0.2, -0.15) is 0 Å². The number of carbonyl (C=O) groups excluding carboxylic acids is 2. The standard InChI is InChI=1S/C35H62N4O6S/c1-5-12-27-21-28(24-29(22-27)35(43)38(19-6-2)20-7-3)34(42)36-32(23-26-15-17-30(40)18-16-26)33(41)25-39(8-4)37-46(44,45)31-13-10-9-11-14-31/h26-33,37,40-41H,6-11,13-25H2,1-4H3,(H,36,42). The molecule has 4 N–H and O–H groups in total. The van der Waals surface area contributed by atoms with Gasteiger partial charge < -0.3 is 20.4 Å². The van der Waals surface area contributed by atoms with Crippen molar-refractivity contribution in [2.45, 2.75) is 148 Å². The molecule has 3 aliphatic carbocycles. The summed E-state index contributed by atoms with van der Waals surface area (Å²) in [6.07, 6.45) is 9.80. The fourth-order valence-electron chi connectivity index (χ4n) is 7.75. The Balaban J connectivity index is 1.76. The van der Waals surface area contributed by atoms with Crippen molar-refractivity contribution in [1.29, 1.82) is 0 Å². The number of aliphatic hydroxyl groups excluding tert-OH is 2. The Morgan fingerprint density at radius 1 is 0.913 bits per heavy atom. The van der Waals surface area contributed by atoms with Crippen LogP contribution in [0.2, 0.25) is 0 Å². The molecule has 0 aromatic heterocycles. The maximum atomic E-state index is 14.0. The highest BCUT2D eigenvalue weighted by Gasteiger charge is 2.39. The normalized spacial score (nSPS) is 27.3. The third kappa shape index (κ3) is 11.8. The Labute approximate surface area is 278 Å². The van der Waals surface area contributed by atoms with Crippen molar-refractivity contribution >= 4 is 21.8 Å². The lowest BCUT2D eigenvalue weighted by molar-refractivity contribution is -0.139. The number of carbonyl (C=O) groups is 2. The highest BCUT2D eigenvalue weighted by atomic mass is 32.2. The Kier molecular flexibility index (Phi) is 16.3. The van der Waals surface area contributed by atoms with Crippen molar-refractivity contribution in [3.63, 3.8) is 0 Å². The van der Waals surface area contributed by atoms with Crippen molar-refractivity contribution in [1.82, 2.24) is 20.1 Å². The second kappa shape index (κ2) is 19.3. The molecule has 0 bridgehead atoms. The van der Waals surface area contributed by atoms with E-state index >= 15 is 0 Å². The summed E-state index contributed by atoms with van der Waals surface area (Å²) < 4.78 is 26.3. The number of hydrogen-bond acceptors (Lipinski definition) is 7. The van der Waals surface area contributed by atoms with E-state index in [1.54, 1.807) is 11.9 Å². The second-order valence-corrected chi connectivity index (χ2v) is 16.0. The van der Waals surface area contributed by atoms with Crippen molar-refractivity contribution in [2.75, 3.05) is 26.2 Å². The minimum Gasteiger partial charge on any atom is -0.393 e. The highest BCUT2D eigenvalue weighted by Crippen LogP contribution is 2.35. The van der Waals surface area contributed by atoms with E-state index < -0.39 is 33.3 Å². The summed E-state index contributed by atoms with van der Waals surface area (Å²) in [5, 5.41) is 26.0. The van der Waals surface area contributed by atoms with Crippen LogP contribution in [0.4, 0.5) is 0 Å². The van der Waals surface area contributed by atoms with Crippen LogP contribution in [-0.2, 0) is 19.6 Å². The number of likely N-dealkylation sites (N-methyl/N-ethyl adjacent to an activating group) is 1. The zero-order chi connectivity index (χ0) is 33.7. The average molecular weight is 667 g/mol. The molecular formula is C35H62N4O6S. The second-order valence-electron chi connectivity index (χ2n) is 14.0. The molecule has 0 saturated heterocycles. The zero-order valence-corrected chi connectivity index (χ0v) is 29.7. The molecule has 264 valence electrons. The van der Waals surface area contributed by atoms with Crippen molar-refractivity contribution < 1.29 is 28.2 Å². The Hall–Kier alpha value is -1.71. The molecule has 3 rings (SSSR count). The van der Waals surface area contributed by atoms with Crippen molar-refractivity contribution in [3.05, 3.63) is 0 Å². The summed E-state index contributed by atoms with van der Waals surface area (Å²) in [4.78, 5) is 32.3. The molecule has 0 aromatic carbocycles. The summed E-state index contributed by atoms with van der Waals surface area (Å²) in [7, 11) is -3.58. The van der Waals surface area contributed by atoms with Crippen molar-refractivity contribution in [2.24, 2.45) is 23.7 Å². The number of hydrazine groups is 1. The quantitative estimate of drug-likeness (QED) is 0.145. The predicted molar refractivity (Wildman–Crippen MR) is 182 cm³/mol. The largest absolute Gasteiger partial charge is 0.393 e. The molecule has 0 spiro atoms. The summed E-state index contributed by atoms with van der Waals surface area (Å²) in [6.45, 7) is 9.59. The first-order valence-corrected chi connectivity index (χ1v) is 19.7. The lowest BCUT2D eigenvalue weighted by Gasteiger charge is -2.37. The van der Waals surface area contributed by atoms with Crippen LogP contribution in [0, 0.1) is 35.5 Å². The Morgan fingerprint density at radius 3 is 2.13 bits per heavy atom. The molecule has 10 nitrogen and oxygen atoms in total. The maximum Gasteiger partial charge on any atom is 0.227 e. The fourth-order valence-corrected chi connectivity index (χ4v) is 9.42. The molecule has 5 atom stereocenters. The number of aliphatic hydroxyl groups is 2. The molecule has 0 aliphatic heterocycles. The molecule has 3 saturated carbocycles. The van der Waals surface area contributed by atoms with Crippen LogP contribution in [0.3, 0.4) is 0 Å². The van der Waals surface area contributed by atoms with Gasteiger partial charge in [-0.25, -0.2) is 13.4 Å². The number of rotatable bonds is 16. The Bertz CT molecular complexity index is 1100. The highest BCUT2D eigenvalue weighted by molar-refractivity contribution is 7.90. The molecule has 0 aromatic rings. The number of amides is 2. The monoisotopic (exact) mass is 666 g/mol. The summed E-state index contributed by atoms with van der Waals surface area (Å²) in [6, 6.07) is -0.593. The molecule has 0 heterocycles. The van der Waals surface area contributed by atoms with E-state index in [4.69, 9.17) is 0 Å². The van der Waals surface area contributed by atoms with Gasteiger partial charge in [0.2, 0.25) is 21.8 Å². The predicted octanol–water partition coefficient (Wildman–Crippen LogP) is 3.97. The van der Waals surface area contributed by atoms with Gasteiger partial charge in [-0.1, -0.05) is 40.0 Å². The van der Waals surface area contributed by atoms with Gasteiger partial charge in [0.15, 0.2) is 0 Å². The first-order valence-electron chi connectivity index (χ1n) is 18.1. The van der Waals surface area contributed by atoms with Gasteiger partial charge in [0.1, 0.15) is 0 Å². The van der Waals surface area contributed by atoms with Crippen LogP contribution in [-0.4, -0.2) is 90.0 Å². The lowest BCUT2D eigenvalue weighted by Crippen LogP contribution is -2.55. The summed E-state index contributed by atoms with van der Waals surface area (Å²) in [5.74, 6) is 5.65. The van der Waals surface area contributed by atoms with Crippen LogP contribution >= 0.6 is 0 Å². The van der Waals surface area contributed by atoms with E-state index in [1.807, 2.05) is 11.8 Å². The molecule has 11 heteroatoms. The number of nitrogens with one attached hydrogen (secondary N) is 2. The van der Waals surface area contributed by atoms with Gasteiger partial charge in [-0.3, -0.25) is 9.59 Å². The number of sulfonamides is 1. The summed E-state index contributed by atoms with van der Waals surface area (Å²) >= 11 is 0. The van der Waals surface area contributed by atoms with Crippen LogP contribution in [0.5, 0.6) is 0 Å². The number of hydrogen-bond donors (Lipinski definition) is 4. The van der Waals surface area contributed by atoms with Crippen molar-refractivity contribution in [3.8, 4) is 11.8 Å². The van der Waals surface area contributed by atoms with E-state index in [2.05, 4.69) is 35.8 Å². The van der Waals surface area contributed by atoms with Crippen LogP contribution in [0.1, 0.15) is 124 Å². The topological polar surface area (TPSA) is 139 Å². The first kappa shape index (κ1) is 38.7. The SMILES string of the molecule is CC#CC1CC(C(=O)NC(CC2CCC(O)CC2)C(O)CN(CC)NS(=O)(=O)C2CCCCC2)CC(C(=O)N(CCC)CCC)C1. The number of nitrogens with zero attached hydrogens (tertiary/aromatic N) is 2. The smallest absolute Gasteiger partial charge is 0.227 e. The zero-order valence-electron chi connectivity index (χ0n) is 28.9. The van der Waals surface area contributed by atoms with Gasteiger partial charge in [0.05, 0.1) is 23.5 Å². The maximum absolute atomic E-state index is 14.0. The van der Waals surface area contributed by atoms with Crippen LogP contribution < -0.4 is 10.1 Å². The van der Waals surface area contributed by atoms with E-state index in [-0.39, 0.29) is 42.2 Å². The molecule has 5 unspecified atom stereocenters. The van der Waals surface area contributed by atoms with E-state index in [1.165, 1.54) is 0 Å². The minimum absolute atomic E-state index is 0.0431. The Morgan fingerprint density at radius 2 is 1.54 bits per heavy atom.